The van der Waals surface area contributed by atoms with Crippen molar-refractivity contribution in [2.24, 2.45) is 22.7 Å². The third-order valence-corrected chi connectivity index (χ3v) is 14.3. The molecule has 0 saturated heterocycles. The van der Waals surface area contributed by atoms with Crippen LogP contribution >= 0.6 is 7.82 Å². The van der Waals surface area contributed by atoms with Crippen molar-refractivity contribution in [3.05, 3.63) is 84.0 Å². The first-order valence-corrected chi connectivity index (χ1v) is 19.4. The Hall–Kier alpha value is -3.27. The van der Waals surface area contributed by atoms with E-state index in [1.807, 2.05) is 45.9 Å². The van der Waals surface area contributed by atoms with Crippen LogP contribution in [-0.4, -0.2) is 56.1 Å². The van der Waals surface area contributed by atoms with E-state index in [2.05, 4.69) is 0 Å². The first-order valence-electron chi connectivity index (χ1n) is 17.9. The number of ether oxygens (including phenoxy) is 1. The minimum atomic E-state index is -4.19. The van der Waals surface area contributed by atoms with Gasteiger partial charge in [0.1, 0.15) is 34.4 Å². The van der Waals surface area contributed by atoms with Crippen molar-refractivity contribution in [2.75, 3.05) is 0 Å². The van der Waals surface area contributed by atoms with Gasteiger partial charge in [0.15, 0.2) is 5.78 Å². The molecule has 2 aromatic carbocycles. The lowest BCUT2D eigenvalue weighted by Gasteiger charge is -2.67. The Balaban J connectivity index is 1.33. The third-order valence-electron chi connectivity index (χ3n) is 12.8. The molecule has 10 nitrogen and oxygen atoms in total. The van der Waals surface area contributed by atoms with Crippen LogP contribution in [-0.2, 0) is 23.4 Å². The number of carbonyl (C=O) groups excluding carboxylic acids is 2. The van der Waals surface area contributed by atoms with Crippen LogP contribution in [0.4, 0.5) is 0 Å². The molecule has 2 aromatic rings. The summed E-state index contributed by atoms with van der Waals surface area (Å²) in [6.07, 6.45) is 2.96. The topological polar surface area (TPSA) is 149 Å². The molecule has 0 aromatic heterocycles. The van der Waals surface area contributed by atoms with Crippen molar-refractivity contribution in [3.8, 4) is 11.5 Å². The molecule has 0 bridgehead atoms. The molecule has 0 spiro atoms. The Morgan fingerprint density at radius 3 is 2.04 bits per heavy atom. The average Bonchev–Trinajstić information content (AvgIpc) is 3.31. The smallest absolute Gasteiger partial charge is 0.458 e. The second-order valence-corrected chi connectivity index (χ2v) is 17.2. The molecular formula is C40H51O10P. The first-order chi connectivity index (χ1) is 23.9. The van der Waals surface area contributed by atoms with Crippen LogP contribution in [0.15, 0.2) is 84.0 Å². The van der Waals surface area contributed by atoms with Gasteiger partial charge in [-0.3, -0.25) is 9.32 Å². The number of hydrogen-bond donors (Lipinski definition) is 3. The molecule has 0 radical (unpaired) electrons. The number of allylic oxidation sites excluding steroid dienone is 1. The summed E-state index contributed by atoms with van der Waals surface area (Å²) in [6, 6.07) is 17.4. The standard InChI is InChI=1S/C40H51O10P/c1-26(2)27(3)23-35(42)47-34-25-33-36(5)19-18-32(50-51(46,48-30-13-9-7-10-14-30)49-31-15-11-8-12-16-31)24-29(36)17-20-39(33,44)40(45)22-21-38(43,28(4)41)37(34,40)6/h7-17,23,26,32-34,43-45H,18-22,24-25H2,1-6H3/b27-23+/t32-,33+,34+,36-,37+,38+,39-,40+/m0/s1. The van der Waals surface area contributed by atoms with E-state index in [1.165, 1.54) is 13.0 Å². The summed E-state index contributed by atoms with van der Waals surface area (Å²) in [5.74, 6) is -1.03. The van der Waals surface area contributed by atoms with E-state index >= 15 is 0 Å². The second kappa shape index (κ2) is 13.3. The van der Waals surface area contributed by atoms with E-state index in [9.17, 15) is 29.5 Å². The second-order valence-electron chi connectivity index (χ2n) is 15.7. The molecule has 8 atom stereocenters. The largest absolute Gasteiger partial charge is 0.587 e. The van der Waals surface area contributed by atoms with Crippen molar-refractivity contribution in [1.82, 2.24) is 0 Å². The molecule has 0 unspecified atom stereocenters. The zero-order chi connectivity index (χ0) is 37.0. The van der Waals surface area contributed by atoms with Gasteiger partial charge in [0.2, 0.25) is 0 Å². The molecule has 276 valence electrons. The first kappa shape index (κ1) is 37.5. The van der Waals surface area contributed by atoms with Crippen LogP contribution in [0.1, 0.15) is 86.5 Å². The van der Waals surface area contributed by atoms with Gasteiger partial charge in [-0.05, 0) is 101 Å². The van der Waals surface area contributed by atoms with Gasteiger partial charge < -0.3 is 29.1 Å². The van der Waals surface area contributed by atoms with Crippen molar-refractivity contribution < 1.29 is 47.8 Å². The maximum Gasteiger partial charge on any atom is 0.587 e. The molecule has 51 heavy (non-hydrogen) atoms. The Bertz CT molecular complexity index is 1710. The zero-order valence-electron chi connectivity index (χ0n) is 30.3. The van der Waals surface area contributed by atoms with Crippen LogP contribution < -0.4 is 9.05 Å². The lowest BCUT2D eigenvalue weighted by Crippen LogP contribution is -2.78. The Morgan fingerprint density at radius 1 is 0.902 bits per heavy atom. The predicted octanol–water partition coefficient (Wildman–Crippen LogP) is 7.27. The SMILES string of the molecule is CC(=O)[C@]1(O)CC[C@@]2(O)[C@]1(C)[C@H](OC(=O)/C=C(\C)C(C)C)C[C@@H]1[C@@]3(C)CC[C@H](OP(=O)(Oc4ccccc4)Oc4ccccc4)CC3=CC[C@]12O. The molecule has 4 aliphatic carbocycles. The van der Waals surface area contributed by atoms with Crippen LogP contribution in [0.25, 0.3) is 0 Å². The van der Waals surface area contributed by atoms with E-state index in [4.69, 9.17) is 18.3 Å². The molecule has 0 aliphatic heterocycles. The molecule has 11 heteroatoms. The van der Waals surface area contributed by atoms with Gasteiger partial charge in [-0.15, -0.1) is 0 Å². The quantitative estimate of drug-likeness (QED) is 0.0989. The maximum atomic E-state index is 14.3. The van der Waals surface area contributed by atoms with E-state index in [-0.39, 0.29) is 31.6 Å². The molecule has 6 rings (SSSR count). The van der Waals surface area contributed by atoms with Crippen molar-refractivity contribution in [3.63, 3.8) is 0 Å². The zero-order valence-corrected chi connectivity index (χ0v) is 31.2. The number of benzene rings is 2. The predicted molar refractivity (Wildman–Crippen MR) is 191 cm³/mol. The summed E-state index contributed by atoms with van der Waals surface area (Å²) >= 11 is 0. The summed E-state index contributed by atoms with van der Waals surface area (Å²) in [6.45, 7) is 10.6. The fraction of sp³-hybridized carbons (Fsp3) is 0.550. The number of carbonyl (C=O) groups is 2. The lowest BCUT2D eigenvalue weighted by molar-refractivity contribution is -0.314. The van der Waals surface area contributed by atoms with Gasteiger partial charge in [0.25, 0.3) is 0 Å². The molecule has 0 amide bonds. The summed E-state index contributed by atoms with van der Waals surface area (Å²) in [7, 11) is -4.19. The normalized spacial score (nSPS) is 36.3. The number of rotatable bonds is 10. The van der Waals surface area contributed by atoms with E-state index in [0.717, 1.165) is 11.1 Å². The van der Waals surface area contributed by atoms with Gasteiger partial charge in [0.05, 0.1) is 11.5 Å². The van der Waals surface area contributed by atoms with Crippen LogP contribution in [0.5, 0.6) is 11.5 Å². The summed E-state index contributed by atoms with van der Waals surface area (Å²) in [5.41, 5.74) is -6.37. The van der Waals surface area contributed by atoms with Gasteiger partial charge >= 0.3 is 13.8 Å². The van der Waals surface area contributed by atoms with E-state index in [0.29, 0.717) is 30.8 Å². The number of para-hydroxylation sites is 2. The van der Waals surface area contributed by atoms with Crippen LogP contribution in [0, 0.1) is 22.7 Å². The minimum Gasteiger partial charge on any atom is -0.458 e. The highest BCUT2D eigenvalue weighted by Gasteiger charge is 2.81. The van der Waals surface area contributed by atoms with Crippen molar-refractivity contribution in [2.45, 2.75) is 115 Å². The average molecular weight is 723 g/mol. The highest BCUT2D eigenvalue weighted by Crippen LogP contribution is 2.71. The number of aliphatic hydroxyl groups is 3. The fourth-order valence-corrected chi connectivity index (χ4v) is 10.9. The third kappa shape index (κ3) is 6.11. The number of phosphoric acid groups is 1. The Kier molecular flexibility index (Phi) is 9.77. The molecule has 4 aliphatic rings. The van der Waals surface area contributed by atoms with E-state index < -0.39 is 65.3 Å². The minimum absolute atomic E-state index is 0.0428. The number of Topliss-reactive ketones (excluding diaryl/α,β-unsaturated/α-hetero) is 1. The fourth-order valence-electron chi connectivity index (χ4n) is 9.44. The Morgan fingerprint density at radius 2 is 1.49 bits per heavy atom. The lowest BCUT2D eigenvalue weighted by atomic mass is 9.42. The molecule has 3 N–H and O–H groups in total. The maximum absolute atomic E-state index is 14.3. The monoisotopic (exact) mass is 722 g/mol. The highest BCUT2D eigenvalue weighted by atomic mass is 31.2. The van der Waals surface area contributed by atoms with Crippen LogP contribution in [0.2, 0.25) is 0 Å². The number of hydrogen-bond acceptors (Lipinski definition) is 10. The van der Waals surface area contributed by atoms with Gasteiger partial charge in [-0.25, -0.2) is 9.36 Å². The number of phosphoric ester groups is 1. The van der Waals surface area contributed by atoms with Crippen molar-refractivity contribution >= 4 is 19.6 Å². The number of ketones is 1. The summed E-state index contributed by atoms with van der Waals surface area (Å²) < 4.78 is 38.4. The summed E-state index contributed by atoms with van der Waals surface area (Å²) in [5, 5.41) is 37.5. The molecule has 3 saturated carbocycles. The van der Waals surface area contributed by atoms with Crippen LogP contribution in [0.3, 0.4) is 0 Å². The number of fused-ring (bicyclic) bond motifs is 5. The Labute approximate surface area is 300 Å². The molecule has 3 fully saturated rings. The molecule has 0 heterocycles. The van der Waals surface area contributed by atoms with Gasteiger partial charge in [-0.1, -0.05) is 74.4 Å². The molecular weight excluding hydrogens is 671 g/mol. The highest BCUT2D eigenvalue weighted by molar-refractivity contribution is 7.49. The van der Waals surface area contributed by atoms with Gasteiger partial charge in [-0.2, -0.15) is 0 Å². The van der Waals surface area contributed by atoms with E-state index in [1.54, 1.807) is 55.5 Å². The van der Waals surface area contributed by atoms with Crippen molar-refractivity contribution in [1.29, 1.82) is 0 Å². The van der Waals surface area contributed by atoms with Gasteiger partial charge in [0, 0.05) is 12.0 Å². The summed E-state index contributed by atoms with van der Waals surface area (Å²) in [4.78, 5) is 26.5. The number of esters is 1.